The van der Waals surface area contributed by atoms with E-state index in [4.69, 9.17) is 0 Å². The van der Waals surface area contributed by atoms with Crippen molar-refractivity contribution >= 4 is 22.6 Å². The Hall–Kier alpha value is -1.61. The highest BCUT2D eigenvalue weighted by Gasteiger charge is 2.04. The molecule has 0 heterocycles. The van der Waals surface area contributed by atoms with Gasteiger partial charge in [0.2, 0.25) is 0 Å². The smallest absolute Gasteiger partial charge is 0.0142 e. The summed E-state index contributed by atoms with van der Waals surface area (Å²) in [5.74, 6) is 0. The molecule has 20 heavy (non-hydrogen) atoms. The molecule has 0 saturated carbocycles. The van der Waals surface area contributed by atoms with Crippen LogP contribution in [0.3, 0.4) is 0 Å². The Balaban J connectivity index is 2.12. The van der Waals surface area contributed by atoms with Gasteiger partial charge < -0.3 is 0 Å². The molecular formula is C19H15I. The van der Waals surface area contributed by atoms with Gasteiger partial charge in [0.25, 0.3) is 0 Å². The first-order valence-corrected chi connectivity index (χ1v) is 7.73. The molecule has 98 valence electrons. The zero-order valence-corrected chi connectivity index (χ0v) is 13.5. The molecule has 3 aromatic carbocycles. The fourth-order valence-electron chi connectivity index (χ4n) is 2.38. The summed E-state index contributed by atoms with van der Waals surface area (Å²) in [6.45, 7) is 2.13. The van der Waals surface area contributed by atoms with Gasteiger partial charge in [-0.3, -0.25) is 0 Å². The van der Waals surface area contributed by atoms with Crippen LogP contribution in [0.15, 0.2) is 72.8 Å². The van der Waals surface area contributed by atoms with Gasteiger partial charge in [0.15, 0.2) is 0 Å². The van der Waals surface area contributed by atoms with Crippen LogP contribution in [0.2, 0.25) is 0 Å². The van der Waals surface area contributed by atoms with E-state index < -0.39 is 0 Å². The van der Waals surface area contributed by atoms with E-state index in [9.17, 15) is 0 Å². The summed E-state index contributed by atoms with van der Waals surface area (Å²) in [4.78, 5) is 0. The molecule has 0 aromatic heterocycles. The fraction of sp³-hybridized carbons (Fsp3) is 0.0526. The van der Waals surface area contributed by atoms with Crippen LogP contribution in [0.1, 0.15) is 5.56 Å². The van der Waals surface area contributed by atoms with E-state index in [1.807, 2.05) is 0 Å². The predicted molar refractivity (Wildman–Crippen MR) is 94.8 cm³/mol. The monoisotopic (exact) mass is 370 g/mol. The van der Waals surface area contributed by atoms with Crippen molar-refractivity contribution in [3.05, 3.63) is 81.9 Å². The van der Waals surface area contributed by atoms with Crippen LogP contribution in [-0.2, 0) is 0 Å². The summed E-state index contributed by atoms with van der Waals surface area (Å²) in [5.41, 5.74) is 6.39. The van der Waals surface area contributed by atoms with Crippen LogP contribution in [0, 0.1) is 10.5 Å². The Kier molecular flexibility index (Phi) is 3.88. The van der Waals surface area contributed by atoms with Gasteiger partial charge in [0.05, 0.1) is 0 Å². The topological polar surface area (TPSA) is 0 Å². The summed E-state index contributed by atoms with van der Waals surface area (Å²) in [6.07, 6.45) is 0. The largest absolute Gasteiger partial charge is 0.0622 e. The van der Waals surface area contributed by atoms with Crippen molar-refractivity contribution in [1.82, 2.24) is 0 Å². The summed E-state index contributed by atoms with van der Waals surface area (Å²) < 4.78 is 1.26. The Labute approximate surface area is 133 Å². The molecule has 0 atom stereocenters. The maximum Gasteiger partial charge on any atom is 0.0142 e. The van der Waals surface area contributed by atoms with Crippen molar-refractivity contribution in [2.24, 2.45) is 0 Å². The van der Waals surface area contributed by atoms with Gasteiger partial charge >= 0.3 is 0 Å². The lowest BCUT2D eigenvalue weighted by Gasteiger charge is -2.08. The average Bonchev–Trinajstić information content (AvgIpc) is 2.47. The Morgan fingerprint density at radius 2 is 1.25 bits per heavy atom. The maximum atomic E-state index is 2.39. The standard InChI is InChI=1S/C19H15I/c1-14-6-5-9-16(10-14)18-11-17(12-19(20)13-18)15-7-3-2-4-8-15/h2-13H,1H3. The Morgan fingerprint density at radius 3 is 1.95 bits per heavy atom. The first-order valence-electron chi connectivity index (χ1n) is 6.65. The van der Waals surface area contributed by atoms with Crippen LogP contribution >= 0.6 is 22.6 Å². The maximum absolute atomic E-state index is 2.39. The van der Waals surface area contributed by atoms with Crippen LogP contribution in [0.25, 0.3) is 22.3 Å². The Morgan fingerprint density at radius 1 is 0.600 bits per heavy atom. The number of hydrogen-bond acceptors (Lipinski definition) is 0. The first kappa shape index (κ1) is 13.4. The van der Waals surface area contributed by atoms with Gasteiger partial charge in [-0.25, -0.2) is 0 Å². The molecule has 0 unspecified atom stereocenters. The molecule has 0 saturated heterocycles. The number of benzene rings is 3. The minimum Gasteiger partial charge on any atom is -0.0622 e. The number of hydrogen-bond donors (Lipinski definition) is 0. The molecule has 0 bridgehead atoms. The molecular weight excluding hydrogens is 355 g/mol. The van der Waals surface area contributed by atoms with Crippen molar-refractivity contribution in [3.8, 4) is 22.3 Å². The molecule has 0 aliphatic heterocycles. The van der Waals surface area contributed by atoms with Gasteiger partial charge in [-0.15, -0.1) is 0 Å². The zero-order chi connectivity index (χ0) is 13.9. The van der Waals surface area contributed by atoms with Crippen LogP contribution in [-0.4, -0.2) is 0 Å². The SMILES string of the molecule is Cc1cccc(-c2cc(I)cc(-c3ccccc3)c2)c1. The number of aryl methyl sites for hydroxylation is 1. The van der Waals surface area contributed by atoms with Crippen LogP contribution < -0.4 is 0 Å². The average molecular weight is 370 g/mol. The first-order chi connectivity index (χ1) is 9.72. The van der Waals surface area contributed by atoms with Crippen LogP contribution in [0.5, 0.6) is 0 Å². The highest BCUT2D eigenvalue weighted by atomic mass is 127. The van der Waals surface area contributed by atoms with Gasteiger partial charge in [-0.2, -0.15) is 0 Å². The highest BCUT2D eigenvalue weighted by Crippen LogP contribution is 2.29. The van der Waals surface area contributed by atoms with Gasteiger partial charge in [0, 0.05) is 3.57 Å². The summed E-state index contributed by atoms with van der Waals surface area (Å²) >= 11 is 2.39. The lowest BCUT2D eigenvalue weighted by Crippen LogP contribution is -1.85. The minimum absolute atomic E-state index is 1.26. The van der Waals surface area contributed by atoms with E-state index in [0.29, 0.717) is 0 Å². The highest BCUT2D eigenvalue weighted by molar-refractivity contribution is 14.1. The third-order valence-corrected chi connectivity index (χ3v) is 3.98. The van der Waals surface area contributed by atoms with E-state index >= 15 is 0 Å². The number of halogens is 1. The van der Waals surface area contributed by atoms with Crippen LogP contribution in [0.4, 0.5) is 0 Å². The molecule has 0 nitrogen and oxygen atoms in total. The normalized spacial score (nSPS) is 10.5. The minimum atomic E-state index is 1.26. The number of rotatable bonds is 2. The van der Waals surface area contributed by atoms with E-state index in [1.54, 1.807) is 0 Å². The second-order valence-electron chi connectivity index (χ2n) is 4.96. The van der Waals surface area contributed by atoms with Crippen molar-refractivity contribution < 1.29 is 0 Å². The Bertz CT molecular complexity index is 730. The predicted octanol–water partition coefficient (Wildman–Crippen LogP) is 5.93. The molecule has 0 aliphatic rings. The third kappa shape index (κ3) is 2.93. The van der Waals surface area contributed by atoms with Gasteiger partial charge in [0.1, 0.15) is 0 Å². The van der Waals surface area contributed by atoms with E-state index in [0.717, 1.165) is 0 Å². The van der Waals surface area contributed by atoms with Crippen molar-refractivity contribution in [3.63, 3.8) is 0 Å². The quantitative estimate of drug-likeness (QED) is 0.490. The second kappa shape index (κ2) is 5.80. The fourth-order valence-corrected chi connectivity index (χ4v) is 3.05. The lowest BCUT2D eigenvalue weighted by molar-refractivity contribution is 1.46. The van der Waals surface area contributed by atoms with Crippen molar-refractivity contribution in [2.45, 2.75) is 6.92 Å². The van der Waals surface area contributed by atoms with Crippen molar-refractivity contribution in [2.75, 3.05) is 0 Å². The second-order valence-corrected chi connectivity index (χ2v) is 6.21. The summed E-state index contributed by atoms with van der Waals surface area (Å²) in [7, 11) is 0. The molecule has 0 fully saturated rings. The van der Waals surface area contributed by atoms with Gasteiger partial charge in [-0.05, 0) is 70.0 Å². The summed E-state index contributed by atoms with van der Waals surface area (Å²) in [6, 6.07) is 25.9. The van der Waals surface area contributed by atoms with Gasteiger partial charge in [-0.1, -0.05) is 60.2 Å². The van der Waals surface area contributed by atoms with E-state index in [-0.39, 0.29) is 0 Å². The molecule has 0 spiro atoms. The molecule has 0 aliphatic carbocycles. The molecule has 0 amide bonds. The van der Waals surface area contributed by atoms with E-state index in [2.05, 4.69) is 102 Å². The zero-order valence-electron chi connectivity index (χ0n) is 11.3. The molecule has 3 aromatic rings. The molecule has 0 N–H and O–H groups in total. The van der Waals surface area contributed by atoms with Crippen molar-refractivity contribution in [1.29, 1.82) is 0 Å². The van der Waals surface area contributed by atoms with E-state index in [1.165, 1.54) is 31.4 Å². The third-order valence-electron chi connectivity index (χ3n) is 3.36. The summed E-state index contributed by atoms with van der Waals surface area (Å²) in [5, 5.41) is 0. The molecule has 0 radical (unpaired) electrons. The molecule has 1 heteroatoms. The molecule has 3 rings (SSSR count). The lowest BCUT2D eigenvalue weighted by atomic mass is 9.98.